The summed E-state index contributed by atoms with van der Waals surface area (Å²) in [5.41, 5.74) is 0.640. The third kappa shape index (κ3) is 2.06. The maximum absolute atomic E-state index is 12.5. The second-order valence-corrected chi connectivity index (χ2v) is 6.06. The van der Waals surface area contributed by atoms with Gasteiger partial charge < -0.3 is 0 Å². The van der Waals surface area contributed by atoms with E-state index in [0.717, 1.165) is 19.3 Å². The molecule has 0 unspecified atom stereocenters. The highest BCUT2D eigenvalue weighted by Gasteiger charge is 2.49. The zero-order chi connectivity index (χ0) is 13.6. The smallest absolute Gasteiger partial charge is 0.237 e. The number of rotatable bonds is 1. The number of anilines is 1. The molecule has 3 rings (SSSR count). The van der Waals surface area contributed by atoms with Gasteiger partial charge in [-0.1, -0.05) is 18.5 Å². The molecule has 2 fully saturated rings. The minimum absolute atomic E-state index is 0.0378. The molecule has 19 heavy (non-hydrogen) atoms. The Bertz CT molecular complexity index is 525. The van der Waals surface area contributed by atoms with Crippen LogP contribution in [0.5, 0.6) is 0 Å². The summed E-state index contributed by atoms with van der Waals surface area (Å²) in [6.07, 6.45) is 2.70. The van der Waals surface area contributed by atoms with Gasteiger partial charge in [-0.15, -0.1) is 0 Å². The van der Waals surface area contributed by atoms with E-state index in [0.29, 0.717) is 16.6 Å². The first-order chi connectivity index (χ1) is 9.08. The first-order valence-electron chi connectivity index (χ1n) is 6.71. The van der Waals surface area contributed by atoms with Crippen LogP contribution in [0.25, 0.3) is 0 Å². The molecule has 1 aliphatic heterocycles. The molecular weight excluding hydrogens is 262 g/mol. The molecule has 1 saturated heterocycles. The van der Waals surface area contributed by atoms with Gasteiger partial charge in [-0.2, -0.15) is 0 Å². The van der Waals surface area contributed by atoms with Crippen molar-refractivity contribution in [2.24, 2.45) is 17.8 Å². The Kier molecular flexibility index (Phi) is 3.09. The highest BCUT2D eigenvalue weighted by molar-refractivity contribution is 6.30. The first kappa shape index (κ1) is 12.7. The number of halogens is 1. The number of fused-ring (bicyclic) bond motifs is 1. The summed E-state index contributed by atoms with van der Waals surface area (Å²) in [6, 6.07) is 6.89. The quantitative estimate of drug-likeness (QED) is 0.739. The Balaban J connectivity index is 1.93. The molecule has 3 nitrogen and oxygen atoms in total. The summed E-state index contributed by atoms with van der Waals surface area (Å²) in [5.74, 6) is 0.225. The number of carbonyl (C=O) groups is 2. The van der Waals surface area contributed by atoms with Crippen molar-refractivity contribution in [3.63, 3.8) is 0 Å². The van der Waals surface area contributed by atoms with E-state index in [1.807, 2.05) is 0 Å². The topological polar surface area (TPSA) is 37.4 Å². The summed E-state index contributed by atoms with van der Waals surface area (Å²) >= 11 is 5.84. The second kappa shape index (κ2) is 4.64. The van der Waals surface area contributed by atoms with E-state index in [-0.39, 0.29) is 23.7 Å². The Morgan fingerprint density at radius 1 is 1.05 bits per heavy atom. The van der Waals surface area contributed by atoms with Gasteiger partial charge in [0.05, 0.1) is 17.5 Å². The molecule has 1 aromatic rings. The van der Waals surface area contributed by atoms with E-state index in [1.165, 1.54) is 4.90 Å². The predicted octanol–water partition coefficient (Wildman–Crippen LogP) is 3.27. The largest absolute Gasteiger partial charge is 0.274 e. The van der Waals surface area contributed by atoms with Crippen LogP contribution in [0.15, 0.2) is 24.3 Å². The average Bonchev–Trinajstić information content (AvgIpc) is 2.63. The SMILES string of the molecule is C[C@@H]1CC[C@H]2C(=O)N(c3ccc(Cl)cc3)C(=O)[C@@H]2C1. The lowest BCUT2D eigenvalue weighted by Gasteiger charge is -2.25. The van der Waals surface area contributed by atoms with Crippen molar-refractivity contribution in [3.05, 3.63) is 29.3 Å². The Hall–Kier alpha value is -1.35. The summed E-state index contributed by atoms with van der Waals surface area (Å²) < 4.78 is 0. The van der Waals surface area contributed by atoms with E-state index in [2.05, 4.69) is 6.92 Å². The van der Waals surface area contributed by atoms with Crippen LogP contribution in [-0.2, 0) is 9.59 Å². The molecule has 1 saturated carbocycles. The fourth-order valence-electron chi connectivity index (χ4n) is 3.23. The molecule has 0 N–H and O–H groups in total. The van der Waals surface area contributed by atoms with Crippen molar-refractivity contribution in [2.45, 2.75) is 26.2 Å². The monoisotopic (exact) mass is 277 g/mol. The van der Waals surface area contributed by atoms with Crippen LogP contribution in [0.4, 0.5) is 5.69 Å². The first-order valence-corrected chi connectivity index (χ1v) is 7.09. The highest BCUT2D eigenvalue weighted by atomic mass is 35.5. The van der Waals surface area contributed by atoms with Crippen LogP contribution in [0.3, 0.4) is 0 Å². The van der Waals surface area contributed by atoms with Crippen LogP contribution in [0.1, 0.15) is 26.2 Å². The molecule has 0 aromatic heterocycles. The molecule has 1 aliphatic carbocycles. The van der Waals surface area contributed by atoms with E-state index < -0.39 is 0 Å². The van der Waals surface area contributed by atoms with Gasteiger partial charge in [0.25, 0.3) is 0 Å². The molecule has 3 atom stereocenters. The molecule has 1 aromatic carbocycles. The fraction of sp³-hybridized carbons (Fsp3) is 0.467. The Morgan fingerprint density at radius 2 is 1.68 bits per heavy atom. The molecular formula is C15H16ClNO2. The van der Waals surface area contributed by atoms with Gasteiger partial charge in [-0.25, -0.2) is 0 Å². The minimum Gasteiger partial charge on any atom is -0.274 e. The maximum Gasteiger partial charge on any atom is 0.237 e. The molecule has 2 aliphatic rings. The summed E-state index contributed by atoms with van der Waals surface area (Å²) in [5, 5.41) is 0.605. The molecule has 0 spiro atoms. The van der Waals surface area contributed by atoms with Crippen molar-refractivity contribution in [2.75, 3.05) is 4.90 Å². The van der Waals surface area contributed by atoms with Gasteiger partial charge in [-0.05, 0) is 49.4 Å². The zero-order valence-corrected chi connectivity index (χ0v) is 11.6. The number of carbonyl (C=O) groups excluding carboxylic acids is 2. The number of hydrogen-bond acceptors (Lipinski definition) is 2. The number of hydrogen-bond donors (Lipinski definition) is 0. The third-order valence-corrected chi connectivity index (χ3v) is 4.52. The standard InChI is InChI=1S/C15H16ClNO2/c1-9-2-7-12-13(8-9)15(19)17(14(12)18)11-5-3-10(16)4-6-11/h3-6,9,12-13H,2,7-8H2,1H3/t9-,12-,13-/m1/s1. The van der Waals surface area contributed by atoms with Crippen LogP contribution in [0, 0.1) is 17.8 Å². The fourth-order valence-corrected chi connectivity index (χ4v) is 3.36. The van der Waals surface area contributed by atoms with Gasteiger partial charge in [0.2, 0.25) is 11.8 Å². The summed E-state index contributed by atoms with van der Waals surface area (Å²) in [7, 11) is 0. The average molecular weight is 278 g/mol. The van der Waals surface area contributed by atoms with Gasteiger partial charge >= 0.3 is 0 Å². The zero-order valence-electron chi connectivity index (χ0n) is 10.8. The lowest BCUT2D eigenvalue weighted by molar-refractivity contribution is -0.122. The lowest BCUT2D eigenvalue weighted by Crippen LogP contribution is -2.30. The lowest BCUT2D eigenvalue weighted by atomic mass is 9.76. The Labute approximate surface area is 117 Å². The van der Waals surface area contributed by atoms with E-state index >= 15 is 0 Å². The van der Waals surface area contributed by atoms with E-state index in [9.17, 15) is 9.59 Å². The second-order valence-electron chi connectivity index (χ2n) is 5.62. The van der Waals surface area contributed by atoms with Crippen molar-refractivity contribution in [3.8, 4) is 0 Å². The van der Waals surface area contributed by atoms with Crippen LogP contribution in [0.2, 0.25) is 5.02 Å². The van der Waals surface area contributed by atoms with Crippen molar-refractivity contribution < 1.29 is 9.59 Å². The third-order valence-electron chi connectivity index (χ3n) is 4.27. The van der Waals surface area contributed by atoms with Gasteiger partial charge in [0, 0.05) is 5.02 Å². The van der Waals surface area contributed by atoms with Gasteiger partial charge in [-0.3, -0.25) is 14.5 Å². The minimum atomic E-state index is -0.119. The molecule has 0 radical (unpaired) electrons. The molecule has 1 heterocycles. The predicted molar refractivity (Wildman–Crippen MR) is 73.9 cm³/mol. The Morgan fingerprint density at radius 3 is 2.37 bits per heavy atom. The number of benzene rings is 1. The summed E-state index contributed by atoms with van der Waals surface area (Å²) in [4.78, 5) is 26.2. The van der Waals surface area contributed by atoms with Crippen molar-refractivity contribution in [1.29, 1.82) is 0 Å². The van der Waals surface area contributed by atoms with Crippen LogP contribution >= 0.6 is 11.6 Å². The maximum atomic E-state index is 12.5. The van der Waals surface area contributed by atoms with E-state index in [4.69, 9.17) is 11.6 Å². The highest BCUT2D eigenvalue weighted by Crippen LogP contribution is 2.42. The van der Waals surface area contributed by atoms with Crippen LogP contribution in [-0.4, -0.2) is 11.8 Å². The van der Waals surface area contributed by atoms with E-state index in [1.54, 1.807) is 24.3 Å². The molecule has 100 valence electrons. The molecule has 2 amide bonds. The normalized spacial score (nSPS) is 30.6. The molecule has 0 bridgehead atoms. The van der Waals surface area contributed by atoms with Crippen LogP contribution < -0.4 is 4.90 Å². The number of nitrogens with zero attached hydrogens (tertiary/aromatic N) is 1. The summed E-state index contributed by atoms with van der Waals surface area (Å²) in [6.45, 7) is 2.15. The van der Waals surface area contributed by atoms with Crippen molar-refractivity contribution >= 4 is 29.1 Å². The van der Waals surface area contributed by atoms with Gasteiger partial charge in [0.15, 0.2) is 0 Å². The molecule has 4 heteroatoms. The van der Waals surface area contributed by atoms with Crippen molar-refractivity contribution in [1.82, 2.24) is 0 Å². The van der Waals surface area contributed by atoms with Gasteiger partial charge in [0.1, 0.15) is 0 Å². The number of imide groups is 1. The number of amides is 2.